The van der Waals surface area contributed by atoms with Gasteiger partial charge < -0.3 is 5.32 Å². The van der Waals surface area contributed by atoms with E-state index in [1.54, 1.807) is 6.07 Å². The first-order valence-corrected chi connectivity index (χ1v) is 7.65. The highest BCUT2D eigenvalue weighted by molar-refractivity contribution is 6.31. The average molecular weight is 310 g/mol. The fourth-order valence-electron chi connectivity index (χ4n) is 2.55. The van der Waals surface area contributed by atoms with Crippen molar-refractivity contribution < 1.29 is 4.39 Å². The molecule has 1 N–H and O–H groups in total. The van der Waals surface area contributed by atoms with Crippen molar-refractivity contribution in [1.82, 2.24) is 15.1 Å². The van der Waals surface area contributed by atoms with E-state index in [2.05, 4.69) is 30.3 Å². The van der Waals surface area contributed by atoms with Crippen LogP contribution >= 0.6 is 11.6 Å². The molecule has 0 spiro atoms. The molecule has 0 fully saturated rings. The Kier molecular flexibility index (Phi) is 5.37. The Hall–Kier alpha value is -1.39. The van der Waals surface area contributed by atoms with Crippen molar-refractivity contribution in [3.05, 3.63) is 52.1 Å². The molecule has 3 nitrogen and oxygen atoms in total. The first-order chi connectivity index (χ1) is 10.1. The van der Waals surface area contributed by atoms with Crippen LogP contribution < -0.4 is 5.32 Å². The molecule has 0 saturated carbocycles. The van der Waals surface area contributed by atoms with E-state index in [9.17, 15) is 4.39 Å². The van der Waals surface area contributed by atoms with Crippen LogP contribution in [0.3, 0.4) is 0 Å². The maximum absolute atomic E-state index is 13.6. The number of hydrogen-bond donors (Lipinski definition) is 1. The molecular formula is C16H21ClFN3. The molecule has 1 atom stereocenters. The minimum atomic E-state index is -0.371. The Morgan fingerprint density at radius 3 is 2.81 bits per heavy atom. The molecule has 1 unspecified atom stereocenters. The van der Waals surface area contributed by atoms with Crippen LogP contribution in [0.4, 0.5) is 4.39 Å². The quantitative estimate of drug-likeness (QED) is 0.877. The lowest BCUT2D eigenvalue weighted by atomic mass is 10.0. The number of likely N-dealkylation sites (N-methyl/N-ethyl adjacent to an activating group) is 1. The molecule has 1 aromatic heterocycles. The van der Waals surface area contributed by atoms with Crippen LogP contribution in [0, 0.1) is 12.7 Å². The summed E-state index contributed by atoms with van der Waals surface area (Å²) in [5.74, 6) is -0.371. The highest BCUT2D eigenvalue weighted by atomic mass is 35.5. The molecule has 0 saturated heterocycles. The van der Waals surface area contributed by atoms with Crippen LogP contribution in [-0.2, 0) is 13.0 Å². The van der Waals surface area contributed by atoms with Gasteiger partial charge in [-0.1, -0.05) is 30.7 Å². The molecule has 0 aliphatic heterocycles. The van der Waals surface area contributed by atoms with Crippen molar-refractivity contribution in [2.75, 3.05) is 6.54 Å². The molecular weight excluding hydrogens is 289 g/mol. The molecule has 0 amide bonds. The first kappa shape index (κ1) is 16.0. The predicted octanol–water partition coefficient (Wildman–Crippen LogP) is 3.90. The number of benzene rings is 1. The number of aromatic nitrogens is 2. The summed E-state index contributed by atoms with van der Waals surface area (Å²) in [7, 11) is 0. The molecule has 5 heteroatoms. The van der Waals surface area contributed by atoms with E-state index in [4.69, 9.17) is 11.6 Å². The highest BCUT2D eigenvalue weighted by Gasteiger charge is 2.18. The zero-order chi connectivity index (χ0) is 15.4. The van der Waals surface area contributed by atoms with Gasteiger partial charge in [-0.15, -0.1) is 0 Å². The molecule has 0 aliphatic rings. The Bertz CT molecular complexity index is 610. The van der Waals surface area contributed by atoms with Gasteiger partial charge >= 0.3 is 0 Å². The maximum Gasteiger partial charge on any atom is 0.142 e. The summed E-state index contributed by atoms with van der Waals surface area (Å²) in [6.07, 6.45) is 0.634. The van der Waals surface area contributed by atoms with Crippen molar-refractivity contribution in [2.24, 2.45) is 0 Å². The molecule has 0 radical (unpaired) electrons. The fourth-order valence-corrected chi connectivity index (χ4v) is 2.76. The Labute approximate surface area is 130 Å². The fraction of sp³-hybridized carbons (Fsp3) is 0.438. The van der Waals surface area contributed by atoms with Gasteiger partial charge in [-0.25, -0.2) is 4.39 Å². The van der Waals surface area contributed by atoms with Gasteiger partial charge in [-0.2, -0.15) is 5.10 Å². The average Bonchev–Trinajstić information content (AvgIpc) is 2.84. The third-order valence-electron chi connectivity index (χ3n) is 3.50. The third kappa shape index (κ3) is 3.63. The van der Waals surface area contributed by atoms with E-state index in [-0.39, 0.29) is 16.9 Å². The van der Waals surface area contributed by atoms with Crippen molar-refractivity contribution >= 4 is 11.6 Å². The smallest absolute Gasteiger partial charge is 0.142 e. The molecule has 2 rings (SSSR count). The van der Waals surface area contributed by atoms with E-state index in [1.165, 1.54) is 6.07 Å². The van der Waals surface area contributed by atoms with E-state index >= 15 is 0 Å². The SMILES string of the molecule is CCNC(Cc1cccc(F)c1Cl)c1cc(C)nn1CC. The second-order valence-electron chi connectivity index (χ2n) is 5.05. The first-order valence-electron chi connectivity index (χ1n) is 7.27. The maximum atomic E-state index is 13.6. The Balaban J connectivity index is 2.32. The molecule has 114 valence electrons. The zero-order valence-electron chi connectivity index (χ0n) is 12.7. The molecule has 0 bridgehead atoms. The second kappa shape index (κ2) is 7.05. The van der Waals surface area contributed by atoms with E-state index in [1.807, 2.05) is 17.7 Å². The molecule has 1 aromatic carbocycles. The van der Waals surface area contributed by atoms with E-state index in [0.717, 1.165) is 30.0 Å². The molecule has 0 aliphatic carbocycles. The molecule has 21 heavy (non-hydrogen) atoms. The Morgan fingerprint density at radius 2 is 2.14 bits per heavy atom. The van der Waals surface area contributed by atoms with E-state index in [0.29, 0.717) is 6.42 Å². The minimum absolute atomic E-state index is 0.0652. The summed E-state index contributed by atoms with van der Waals surface area (Å²) in [5, 5.41) is 8.13. The van der Waals surface area contributed by atoms with Crippen molar-refractivity contribution in [1.29, 1.82) is 0 Å². The van der Waals surface area contributed by atoms with E-state index < -0.39 is 0 Å². The number of rotatable bonds is 6. The van der Waals surface area contributed by atoms with Gasteiger partial charge in [0.25, 0.3) is 0 Å². The van der Waals surface area contributed by atoms with Gasteiger partial charge in [0, 0.05) is 6.54 Å². The van der Waals surface area contributed by atoms with Gasteiger partial charge in [-0.05, 0) is 44.5 Å². The zero-order valence-corrected chi connectivity index (χ0v) is 13.4. The van der Waals surface area contributed by atoms with Crippen LogP contribution in [0.2, 0.25) is 5.02 Å². The highest BCUT2D eigenvalue weighted by Crippen LogP contribution is 2.26. The standard InChI is InChI=1S/C16H21ClFN3/c1-4-19-14(15-9-11(3)20-21(15)5-2)10-12-7-6-8-13(18)16(12)17/h6-9,14,19H,4-5,10H2,1-3H3. The number of nitrogens with one attached hydrogen (secondary N) is 1. The number of aryl methyl sites for hydroxylation is 2. The third-order valence-corrected chi connectivity index (χ3v) is 3.92. The monoisotopic (exact) mass is 309 g/mol. The minimum Gasteiger partial charge on any atom is -0.309 e. The van der Waals surface area contributed by atoms with Crippen molar-refractivity contribution in [3.63, 3.8) is 0 Å². The second-order valence-corrected chi connectivity index (χ2v) is 5.43. The normalized spacial score (nSPS) is 12.6. The van der Waals surface area contributed by atoms with Gasteiger partial charge in [-0.3, -0.25) is 4.68 Å². The predicted molar refractivity (Wildman–Crippen MR) is 84.2 cm³/mol. The summed E-state index contributed by atoms with van der Waals surface area (Å²) in [6, 6.07) is 7.09. The topological polar surface area (TPSA) is 29.9 Å². The lowest BCUT2D eigenvalue weighted by Crippen LogP contribution is -2.25. The molecule has 1 heterocycles. The summed E-state index contributed by atoms with van der Waals surface area (Å²) < 4.78 is 15.6. The van der Waals surface area contributed by atoms with Gasteiger partial charge in [0.15, 0.2) is 0 Å². The van der Waals surface area contributed by atoms with Crippen molar-refractivity contribution in [2.45, 2.75) is 39.8 Å². The number of halogens is 2. The van der Waals surface area contributed by atoms with Crippen molar-refractivity contribution in [3.8, 4) is 0 Å². The summed E-state index contributed by atoms with van der Waals surface area (Å²) in [4.78, 5) is 0. The summed E-state index contributed by atoms with van der Waals surface area (Å²) in [6.45, 7) is 7.73. The summed E-state index contributed by atoms with van der Waals surface area (Å²) >= 11 is 6.08. The van der Waals surface area contributed by atoms with Gasteiger partial charge in [0.1, 0.15) is 5.82 Å². The number of nitrogens with zero attached hydrogens (tertiary/aromatic N) is 2. The van der Waals surface area contributed by atoms with Crippen LogP contribution in [0.1, 0.15) is 36.8 Å². The van der Waals surface area contributed by atoms with Crippen LogP contribution in [0.5, 0.6) is 0 Å². The summed E-state index contributed by atoms with van der Waals surface area (Å²) in [5.41, 5.74) is 2.90. The van der Waals surface area contributed by atoms with Crippen LogP contribution in [0.15, 0.2) is 24.3 Å². The van der Waals surface area contributed by atoms with Gasteiger partial charge in [0.05, 0.1) is 22.5 Å². The Morgan fingerprint density at radius 1 is 1.38 bits per heavy atom. The van der Waals surface area contributed by atoms with Crippen LogP contribution in [0.25, 0.3) is 0 Å². The lowest BCUT2D eigenvalue weighted by molar-refractivity contribution is 0.489. The number of hydrogen-bond acceptors (Lipinski definition) is 2. The lowest BCUT2D eigenvalue weighted by Gasteiger charge is -2.20. The van der Waals surface area contributed by atoms with Gasteiger partial charge in [0.2, 0.25) is 0 Å². The molecule has 2 aromatic rings. The largest absolute Gasteiger partial charge is 0.309 e. The van der Waals surface area contributed by atoms with Crippen LogP contribution in [-0.4, -0.2) is 16.3 Å².